The molecule has 1 heterocycles. The molecule has 0 spiro atoms. The smallest absolute Gasteiger partial charge is 0.211 e. The molecule has 0 saturated carbocycles. The van der Waals surface area contributed by atoms with Gasteiger partial charge in [0, 0.05) is 31.3 Å². The largest absolute Gasteiger partial charge is 0.381 e. The summed E-state index contributed by atoms with van der Waals surface area (Å²) in [5.41, 5.74) is 1.10. The highest BCUT2D eigenvalue weighted by Crippen LogP contribution is 2.32. The number of rotatable bonds is 8. The third-order valence-electron chi connectivity index (χ3n) is 4.28. The van der Waals surface area contributed by atoms with Crippen molar-refractivity contribution in [2.24, 2.45) is 0 Å². The molecular weight excluding hydrogens is 312 g/mol. The Kier molecular flexibility index (Phi) is 6.59. The molecule has 1 aliphatic rings. The van der Waals surface area contributed by atoms with Gasteiger partial charge >= 0.3 is 0 Å². The van der Waals surface area contributed by atoms with Crippen LogP contribution in [0.2, 0.25) is 0 Å². The van der Waals surface area contributed by atoms with Gasteiger partial charge < -0.3 is 10.1 Å². The van der Waals surface area contributed by atoms with Crippen molar-refractivity contribution in [3.63, 3.8) is 0 Å². The number of hydrogen-bond donors (Lipinski definition) is 2. The summed E-state index contributed by atoms with van der Waals surface area (Å²) in [5, 5.41) is 3.66. The second-order valence-corrected chi connectivity index (χ2v) is 8.20. The van der Waals surface area contributed by atoms with Crippen LogP contribution in [0.1, 0.15) is 38.7 Å². The molecule has 0 bridgehead atoms. The van der Waals surface area contributed by atoms with E-state index in [0.29, 0.717) is 13.0 Å². The lowest BCUT2D eigenvalue weighted by molar-refractivity contribution is 0.0325. The van der Waals surface area contributed by atoms with E-state index in [0.717, 1.165) is 26.1 Å². The summed E-state index contributed by atoms with van der Waals surface area (Å²) in [5.74, 6) is 0.178. The molecule has 1 aromatic carbocycles. The minimum Gasteiger partial charge on any atom is -0.381 e. The van der Waals surface area contributed by atoms with Gasteiger partial charge in [-0.05, 0) is 31.7 Å². The first-order chi connectivity index (χ1) is 11.0. The standard InChI is InChI=1S/C17H28N2O3S/c1-3-13-23(20,21)18-14-15(2)19-17(9-11-22-12-10-17)16-7-5-4-6-8-16/h4-8,15,18-19H,3,9-14H2,1-2H3/t15-/m0/s1. The van der Waals surface area contributed by atoms with Crippen LogP contribution in [0.25, 0.3) is 0 Å². The van der Waals surface area contributed by atoms with Crippen molar-refractivity contribution in [2.75, 3.05) is 25.5 Å². The van der Waals surface area contributed by atoms with Crippen molar-refractivity contribution >= 4 is 10.0 Å². The first kappa shape index (κ1) is 18.4. The Bertz CT molecular complexity index is 569. The van der Waals surface area contributed by atoms with Crippen LogP contribution in [0, 0.1) is 0 Å². The molecule has 1 fully saturated rings. The SMILES string of the molecule is CCCS(=O)(=O)NC[C@H](C)NC1(c2ccccc2)CCOCC1. The van der Waals surface area contributed by atoms with Crippen molar-refractivity contribution < 1.29 is 13.2 Å². The van der Waals surface area contributed by atoms with Gasteiger partial charge in [0.25, 0.3) is 0 Å². The minimum absolute atomic E-state index is 0.0416. The Morgan fingerprint density at radius 1 is 1.22 bits per heavy atom. The zero-order valence-electron chi connectivity index (χ0n) is 14.0. The zero-order chi connectivity index (χ0) is 16.8. The van der Waals surface area contributed by atoms with E-state index in [1.165, 1.54) is 5.56 Å². The zero-order valence-corrected chi connectivity index (χ0v) is 14.9. The molecule has 5 nitrogen and oxygen atoms in total. The minimum atomic E-state index is -3.17. The average Bonchev–Trinajstić information content (AvgIpc) is 2.55. The summed E-state index contributed by atoms with van der Waals surface area (Å²) in [6.07, 6.45) is 2.41. The molecular formula is C17H28N2O3S. The molecule has 1 aliphatic heterocycles. The maximum Gasteiger partial charge on any atom is 0.211 e. The van der Waals surface area contributed by atoms with Gasteiger partial charge in [-0.25, -0.2) is 13.1 Å². The van der Waals surface area contributed by atoms with E-state index < -0.39 is 10.0 Å². The molecule has 23 heavy (non-hydrogen) atoms. The third kappa shape index (κ3) is 5.28. The highest BCUT2D eigenvalue weighted by molar-refractivity contribution is 7.89. The molecule has 6 heteroatoms. The van der Waals surface area contributed by atoms with Gasteiger partial charge in [-0.3, -0.25) is 0 Å². The van der Waals surface area contributed by atoms with E-state index in [2.05, 4.69) is 22.2 Å². The molecule has 0 amide bonds. The fraction of sp³-hybridized carbons (Fsp3) is 0.647. The van der Waals surface area contributed by atoms with E-state index in [-0.39, 0.29) is 17.3 Å². The predicted molar refractivity (Wildman–Crippen MR) is 92.9 cm³/mol. The van der Waals surface area contributed by atoms with Crippen LogP contribution in [-0.4, -0.2) is 40.0 Å². The van der Waals surface area contributed by atoms with Crippen LogP contribution in [0.5, 0.6) is 0 Å². The van der Waals surface area contributed by atoms with Crippen molar-refractivity contribution in [3.8, 4) is 0 Å². The Morgan fingerprint density at radius 2 is 1.87 bits per heavy atom. The topological polar surface area (TPSA) is 67.4 Å². The Labute approximate surface area is 139 Å². The summed E-state index contributed by atoms with van der Waals surface area (Å²) >= 11 is 0. The quantitative estimate of drug-likeness (QED) is 0.759. The Hall–Kier alpha value is -0.950. The summed E-state index contributed by atoms with van der Waals surface area (Å²) < 4.78 is 31.9. The molecule has 2 N–H and O–H groups in total. The average molecular weight is 340 g/mol. The molecule has 0 aromatic heterocycles. The number of nitrogens with one attached hydrogen (secondary N) is 2. The first-order valence-corrected chi connectivity index (χ1v) is 10.0. The van der Waals surface area contributed by atoms with Crippen LogP contribution in [0.15, 0.2) is 30.3 Å². The highest BCUT2D eigenvalue weighted by Gasteiger charge is 2.35. The molecule has 130 valence electrons. The fourth-order valence-corrected chi connectivity index (χ4v) is 4.29. The van der Waals surface area contributed by atoms with Gasteiger partial charge in [-0.15, -0.1) is 0 Å². The van der Waals surface area contributed by atoms with Gasteiger partial charge in [0.15, 0.2) is 0 Å². The van der Waals surface area contributed by atoms with Crippen molar-refractivity contribution in [1.82, 2.24) is 10.0 Å². The van der Waals surface area contributed by atoms with Gasteiger partial charge in [0.2, 0.25) is 10.0 Å². The maximum absolute atomic E-state index is 11.8. The molecule has 1 atom stereocenters. The lowest BCUT2D eigenvalue weighted by Gasteiger charge is -2.41. The lowest BCUT2D eigenvalue weighted by atomic mass is 9.82. The van der Waals surface area contributed by atoms with Crippen LogP contribution in [-0.2, 0) is 20.3 Å². The van der Waals surface area contributed by atoms with Gasteiger partial charge in [-0.2, -0.15) is 0 Å². The van der Waals surface area contributed by atoms with Gasteiger partial charge in [-0.1, -0.05) is 37.3 Å². The Morgan fingerprint density at radius 3 is 2.48 bits per heavy atom. The highest BCUT2D eigenvalue weighted by atomic mass is 32.2. The molecule has 2 rings (SSSR count). The van der Waals surface area contributed by atoms with E-state index in [4.69, 9.17) is 4.74 Å². The van der Waals surface area contributed by atoms with E-state index in [1.54, 1.807) is 0 Å². The van der Waals surface area contributed by atoms with E-state index >= 15 is 0 Å². The monoisotopic (exact) mass is 340 g/mol. The first-order valence-electron chi connectivity index (χ1n) is 8.36. The van der Waals surface area contributed by atoms with Crippen LogP contribution < -0.4 is 10.0 Å². The fourth-order valence-electron chi connectivity index (χ4n) is 3.11. The Balaban J connectivity index is 2.04. The normalized spacial score (nSPS) is 19.4. The van der Waals surface area contributed by atoms with Crippen molar-refractivity contribution in [1.29, 1.82) is 0 Å². The second-order valence-electron chi connectivity index (χ2n) is 6.27. The summed E-state index contributed by atoms with van der Waals surface area (Å²) in [7, 11) is -3.17. The predicted octanol–water partition coefficient (Wildman–Crippen LogP) is 2.00. The second kappa shape index (κ2) is 8.24. The number of sulfonamides is 1. The summed E-state index contributed by atoms with van der Waals surface area (Å²) in [6, 6.07) is 10.4. The molecule has 0 aliphatic carbocycles. The lowest BCUT2D eigenvalue weighted by Crippen LogP contribution is -2.53. The molecule has 1 saturated heterocycles. The van der Waals surface area contributed by atoms with E-state index in [9.17, 15) is 8.42 Å². The number of hydrogen-bond acceptors (Lipinski definition) is 4. The van der Waals surface area contributed by atoms with Crippen LogP contribution in [0.3, 0.4) is 0 Å². The van der Waals surface area contributed by atoms with Crippen molar-refractivity contribution in [3.05, 3.63) is 35.9 Å². The molecule has 0 radical (unpaired) electrons. The van der Waals surface area contributed by atoms with Gasteiger partial charge in [0.1, 0.15) is 0 Å². The van der Waals surface area contributed by atoms with Gasteiger partial charge in [0.05, 0.1) is 5.75 Å². The third-order valence-corrected chi connectivity index (χ3v) is 5.83. The van der Waals surface area contributed by atoms with Crippen LogP contribution >= 0.6 is 0 Å². The summed E-state index contributed by atoms with van der Waals surface area (Å²) in [6.45, 7) is 5.73. The molecule has 1 aromatic rings. The van der Waals surface area contributed by atoms with Crippen LogP contribution in [0.4, 0.5) is 0 Å². The van der Waals surface area contributed by atoms with E-state index in [1.807, 2.05) is 32.0 Å². The number of benzene rings is 1. The summed E-state index contributed by atoms with van der Waals surface area (Å²) in [4.78, 5) is 0. The number of ether oxygens (including phenoxy) is 1. The maximum atomic E-state index is 11.8. The van der Waals surface area contributed by atoms with Crippen molar-refractivity contribution in [2.45, 2.75) is 44.7 Å². The molecule has 0 unspecified atom stereocenters.